The van der Waals surface area contributed by atoms with Gasteiger partial charge in [0.05, 0.1) is 11.2 Å². The molecule has 6 aromatic carbocycles. The molecule has 0 saturated heterocycles. The summed E-state index contributed by atoms with van der Waals surface area (Å²) in [6, 6.07) is 49.3. The van der Waals surface area contributed by atoms with Gasteiger partial charge in [-0.1, -0.05) is 115 Å². The van der Waals surface area contributed by atoms with Crippen LogP contribution in [0.15, 0.2) is 150 Å². The molecule has 9 aromatic rings. The molecule has 0 spiro atoms. The summed E-state index contributed by atoms with van der Waals surface area (Å²) in [4.78, 5) is 20.0. The summed E-state index contributed by atoms with van der Waals surface area (Å²) in [5.41, 5.74) is 7.24. The van der Waals surface area contributed by atoms with Gasteiger partial charge in [0.1, 0.15) is 11.2 Å². The minimum Gasteiger partial charge on any atom is -0.456 e. The van der Waals surface area contributed by atoms with Gasteiger partial charge in [-0.25, -0.2) is 19.9 Å². The second-order valence-electron chi connectivity index (χ2n) is 11.1. The summed E-state index contributed by atoms with van der Waals surface area (Å²) in [7, 11) is 0. The molecule has 0 saturated carbocycles. The molecule has 3 heterocycles. The molecule has 5 nitrogen and oxygen atoms in total. The number of aromatic nitrogens is 4. The number of furan rings is 1. The van der Waals surface area contributed by atoms with E-state index >= 15 is 0 Å². The minimum atomic E-state index is 0.594. The highest BCUT2D eigenvalue weighted by Crippen LogP contribution is 2.38. The van der Waals surface area contributed by atoms with Crippen molar-refractivity contribution in [2.24, 2.45) is 0 Å². The lowest BCUT2D eigenvalue weighted by atomic mass is 10.0. The van der Waals surface area contributed by atoms with Crippen molar-refractivity contribution in [2.45, 2.75) is 0 Å². The number of hydrogen-bond acceptors (Lipinski definition) is 5. The Morgan fingerprint density at radius 1 is 0.400 bits per heavy atom. The van der Waals surface area contributed by atoms with Crippen molar-refractivity contribution in [1.29, 1.82) is 0 Å². The fraction of sp³-hybridized carbons (Fsp3) is 0. The third-order valence-electron chi connectivity index (χ3n) is 8.32. The Labute approximate surface area is 258 Å². The molecule has 210 valence electrons. The SMILES string of the molecule is c1ccc(-c2nc(-c3ccccc3)nc(-c3cccc4oc5ccc(-c6ccc7ccc8ccccc8c7n6)cc5c34)n2)cc1. The Morgan fingerprint density at radius 2 is 1.07 bits per heavy atom. The zero-order chi connectivity index (χ0) is 29.7. The Balaban J connectivity index is 1.26. The first-order valence-electron chi connectivity index (χ1n) is 14.9. The average molecular weight is 577 g/mol. The molecule has 0 aliphatic rings. The van der Waals surface area contributed by atoms with E-state index in [1.54, 1.807) is 0 Å². The Bertz CT molecular complexity index is 2480. The predicted molar refractivity (Wildman–Crippen MR) is 182 cm³/mol. The van der Waals surface area contributed by atoms with Crippen LogP contribution in [0, 0.1) is 0 Å². The van der Waals surface area contributed by atoms with E-state index in [0.29, 0.717) is 17.5 Å². The lowest BCUT2D eigenvalue weighted by Crippen LogP contribution is -2.00. The van der Waals surface area contributed by atoms with Gasteiger partial charge in [0.15, 0.2) is 17.5 Å². The number of fused-ring (bicyclic) bond motifs is 6. The van der Waals surface area contributed by atoms with Gasteiger partial charge in [-0.05, 0) is 35.7 Å². The zero-order valence-corrected chi connectivity index (χ0v) is 24.1. The molecule has 0 unspecified atom stereocenters. The van der Waals surface area contributed by atoms with Crippen molar-refractivity contribution < 1.29 is 4.42 Å². The molecule has 0 N–H and O–H groups in total. The first-order chi connectivity index (χ1) is 22.3. The highest BCUT2D eigenvalue weighted by Gasteiger charge is 2.18. The van der Waals surface area contributed by atoms with Gasteiger partial charge >= 0.3 is 0 Å². The maximum Gasteiger partial charge on any atom is 0.164 e. The summed E-state index contributed by atoms with van der Waals surface area (Å²) >= 11 is 0. The van der Waals surface area contributed by atoms with Gasteiger partial charge < -0.3 is 4.42 Å². The number of hydrogen-bond donors (Lipinski definition) is 0. The van der Waals surface area contributed by atoms with Crippen LogP contribution in [0.25, 0.3) is 89.0 Å². The molecular weight excluding hydrogens is 552 g/mol. The second-order valence-corrected chi connectivity index (χ2v) is 11.1. The van der Waals surface area contributed by atoms with Crippen molar-refractivity contribution in [3.63, 3.8) is 0 Å². The molecule has 0 fully saturated rings. The maximum atomic E-state index is 6.37. The molecule has 5 heteroatoms. The molecule has 45 heavy (non-hydrogen) atoms. The molecule has 9 rings (SSSR count). The Hall–Kier alpha value is -6.20. The first kappa shape index (κ1) is 25.3. The first-order valence-corrected chi connectivity index (χ1v) is 14.9. The van der Waals surface area contributed by atoms with E-state index in [9.17, 15) is 0 Å². The highest BCUT2D eigenvalue weighted by atomic mass is 16.3. The third kappa shape index (κ3) is 4.33. The van der Waals surface area contributed by atoms with E-state index in [-0.39, 0.29) is 0 Å². The van der Waals surface area contributed by atoms with Gasteiger partial charge in [-0.15, -0.1) is 0 Å². The van der Waals surface area contributed by atoms with E-state index in [4.69, 9.17) is 24.4 Å². The number of nitrogens with zero attached hydrogens (tertiary/aromatic N) is 4. The molecule has 0 bridgehead atoms. The normalized spacial score (nSPS) is 11.6. The van der Waals surface area contributed by atoms with Crippen molar-refractivity contribution in [2.75, 3.05) is 0 Å². The topological polar surface area (TPSA) is 64.7 Å². The fourth-order valence-electron chi connectivity index (χ4n) is 6.12. The van der Waals surface area contributed by atoms with Crippen molar-refractivity contribution in [3.8, 4) is 45.4 Å². The van der Waals surface area contributed by atoms with Gasteiger partial charge in [0.2, 0.25) is 0 Å². The van der Waals surface area contributed by atoms with Gasteiger partial charge in [-0.2, -0.15) is 0 Å². The largest absolute Gasteiger partial charge is 0.456 e. The summed E-state index contributed by atoms with van der Waals surface area (Å²) < 4.78 is 6.37. The summed E-state index contributed by atoms with van der Waals surface area (Å²) in [6.45, 7) is 0. The highest BCUT2D eigenvalue weighted by molar-refractivity contribution is 6.13. The lowest BCUT2D eigenvalue weighted by molar-refractivity contribution is 0.669. The summed E-state index contributed by atoms with van der Waals surface area (Å²) in [5, 5.41) is 5.39. The molecule has 0 aliphatic heterocycles. The van der Waals surface area contributed by atoms with Crippen LogP contribution >= 0.6 is 0 Å². The molecular formula is C40H24N4O. The molecule has 0 atom stereocenters. The summed E-state index contributed by atoms with van der Waals surface area (Å²) in [6.07, 6.45) is 0. The molecule has 3 aromatic heterocycles. The smallest absolute Gasteiger partial charge is 0.164 e. The van der Waals surface area contributed by atoms with E-state index < -0.39 is 0 Å². The van der Waals surface area contributed by atoms with Crippen LogP contribution in [-0.2, 0) is 0 Å². The Morgan fingerprint density at radius 3 is 1.84 bits per heavy atom. The van der Waals surface area contributed by atoms with Crippen LogP contribution in [0.2, 0.25) is 0 Å². The van der Waals surface area contributed by atoms with Crippen LogP contribution in [0.5, 0.6) is 0 Å². The van der Waals surface area contributed by atoms with Crippen LogP contribution in [-0.4, -0.2) is 19.9 Å². The van der Waals surface area contributed by atoms with Crippen molar-refractivity contribution >= 4 is 43.6 Å². The van der Waals surface area contributed by atoms with Gasteiger partial charge in [0.25, 0.3) is 0 Å². The van der Waals surface area contributed by atoms with Gasteiger partial charge in [0, 0.05) is 43.8 Å². The average Bonchev–Trinajstić information content (AvgIpc) is 3.50. The molecule has 0 radical (unpaired) electrons. The summed E-state index contributed by atoms with van der Waals surface area (Å²) in [5.74, 6) is 1.84. The third-order valence-corrected chi connectivity index (χ3v) is 8.32. The van der Waals surface area contributed by atoms with Crippen LogP contribution in [0.3, 0.4) is 0 Å². The minimum absolute atomic E-state index is 0.594. The van der Waals surface area contributed by atoms with E-state index in [1.807, 2.05) is 78.9 Å². The van der Waals surface area contributed by atoms with Gasteiger partial charge in [-0.3, -0.25) is 0 Å². The monoisotopic (exact) mass is 576 g/mol. The van der Waals surface area contributed by atoms with E-state index in [1.165, 1.54) is 5.39 Å². The number of pyridine rings is 1. The standard InChI is InChI=1S/C40H24N4O/c1-3-11-27(12-4-1)38-42-39(28-13-5-2-6-14-28)44-40(43-38)31-16-9-17-35-36(31)32-24-29(21-23-34(32)45-35)33-22-20-26-19-18-25-10-7-8-15-30(25)37(26)41-33/h1-24H. The quantitative estimate of drug-likeness (QED) is 0.195. The van der Waals surface area contributed by atoms with Crippen LogP contribution < -0.4 is 0 Å². The van der Waals surface area contributed by atoms with Crippen molar-refractivity contribution in [3.05, 3.63) is 146 Å². The maximum absolute atomic E-state index is 6.37. The fourth-order valence-corrected chi connectivity index (χ4v) is 6.12. The Kier molecular flexibility index (Phi) is 5.74. The molecule has 0 amide bonds. The second kappa shape index (κ2) is 10.2. The van der Waals surface area contributed by atoms with E-state index in [2.05, 4.69) is 66.7 Å². The molecule has 0 aliphatic carbocycles. The van der Waals surface area contributed by atoms with E-state index in [0.717, 1.165) is 66.2 Å². The van der Waals surface area contributed by atoms with Crippen LogP contribution in [0.1, 0.15) is 0 Å². The number of benzene rings is 6. The lowest BCUT2D eigenvalue weighted by Gasteiger charge is -2.09. The number of rotatable bonds is 4. The zero-order valence-electron chi connectivity index (χ0n) is 24.1. The van der Waals surface area contributed by atoms with Crippen molar-refractivity contribution in [1.82, 2.24) is 19.9 Å². The predicted octanol–water partition coefficient (Wildman–Crippen LogP) is 10.1. The van der Waals surface area contributed by atoms with Crippen LogP contribution in [0.4, 0.5) is 0 Å².